The molecule has 19 heavy (non-hydrogen) atoms. The van der Waals surface area contributed by atoms with E-state index in [1.54, 1.807) is 24.0 Å². The maximum atomic E-state index is 11.5. The minimum absolute atomic E-state index is 0.217. The number of halogens is 1. The van der Waals surface area contributed by atoms with Gasteiger partial charge in [-0.3, -0.25) is 4.68 Å². The van der Waals surface area contributed by atoms with E-state index in [2.05, 4.69) is 15.1 Å². The van der Waals surface area contributed by atoms with Crippen LogP contribution >= 0.6 is 11.6 Å². The first-order valence-electron chi connectivity index (χ1n) is 5.77. The number of nitrogens with zero attached hydrogens (tertiary/aromatic N) is 4. The molecule has 0 atom stereocenters. The summed E-state index contributed by atoms with van der Waals surface area (Å²) in [7, 11) is 0. The zero-order valence-electron chi connectivity index (χ0n) is 10.6. The number of ether oxygens (including phenoxy) is 1. The molecule has 0 saturated carbocycles. The first kappa shape index (κ1) is 13.5. The molecule has 0 aromatic carbocycles. The van der Waals surface area contributed by atoms with E-state index in [0.717, 1.165) is 11.3 Å². The molecule has 0 amide bonds. The number of aryl methyl sites for hydroxylation is 1. The van der Waals surface area contributed by atoms with Gasteiger partial charge >= 0.3 is 5.97 Å². The Kier molecular flexibility index (Phi) is 4.11. The van der Waals surface area contributed by atoms with E-state index in [4.69, 9.17) is 16.3 Å². The first-order valence-corrected chi connectivity index (χ1v) is 6.15. The molecule has 0 aliphatic heterocycles. The molecule has 0 radical (unpaired) electrons. The summed E-state index contributed by atoms with van der Waals surface area (Å²) in [6, 6.07) is 0. The van der Waals surface area contributed by atoms with Crippen LogP contribution in [0.25, 0.3) is 0 Å². The summed E-state index contributed by atoms with van der Waals surface area (Å²) in [4.78, 5) is 19.5. The second-order valence-corrected chi connectivity index (χ2v) is 4.23. The average Bonchev–Trinajstić information content (AvgIpc) is 2.82. The minimum Gasteiger partial charge on any atom is -0.462 e. The van der Waals surface area contributed by atoms with Gasteiger partial charge in [0, 0.05) is 23.7 Å². The lowest BCUT2D eigenvalue weighted by molar-refractivity contribution is 0.0526. The van der Waals surface area contributed by atoms with Crippen molar-refractivity contribution in [2.45, 2.75) is 20.4 Å². The summed E-state index contributed by atoms with van der Waals surface area (Å²) in [5.41, 5.74) is 2.10. The molecular weight excluding hydrogens is 268 g/mol. The van der Waals surface area contributed by atoms with E-state index in [0.29, 0.717) is 18.7 Å². The van der Waals surface area contributed by atoms with Gasteiger partial charge in [-0.05, 0) is 25.4 Å². The minimum atomic E-state index is -0.377. The zero-order chi connectivity index (χ0) is 13.8. The third-order valence-electron chi connectivity index (χ3n) is 2.53. The van der Waals surface area contributed by atoms with Crippen LogP contribution in [0.3, 0.4) is 0 Å². The van der Waals surface area contributed by atoms with Gasteiger partial charge in [-0.1, -0.05) is 0 Å². The number of aromatic nitrogens is 4. The molecule has 0 saturated heterocycles. The SMILES string of the molecule is CCOC(=O)c1cnn(Cc2cnc(Cl)nc2C)c1. The summed E-state index contributed by atoms with van der Waals surface area (Å²) in [6.45, 7) is 4.42. The van der Waals surface area contributed by atoms with Crippen LogP contribution in [-0.2, 0) is 11.3 Å². The standard InChI is InChI=1S/C12H13ClN4O2/c1-3-19-11(18)10-5-15-17(7-10)6-9-4-14-12(13)16-8(9)2/h4-5,7H,3,6H2,1-2H3. The first-order chi connectivity index (χ1) is 9.10. The molecule has 0 bridgehead atoms. The van der Waals surface area contributed by atoms with Gasteiger partial charge in [-0.25, -0.2) is 14.8 Å². The predicted molar refractivity (Wildman–Crippen MR) is 69.1 cm³/mol. The van der Waals surface area contributed by atoms with Gasteiger partial charge in [0.1, 0.15) is 0 Å². The molecule has 0 spiro atoms. The van der Waals surface area contributed by atoms with Gasteiger partial charge in [0.25, 0.3) is 0 Å². The number of rotatable bonds is 4. The molecule has 2 aromatic rings. The summed E-state index contributed by atoms with van der Waals surface area (Å²) in [6.07, 6.45) is 4.76. The number of hydrogen-bond acceptors (Lipinski definition) is 5. The molecular formula is C12H13ClN4O2. The number of carbonyl (C=O) groups excluding carboxylic acids is 1. The highest BCUT2D eigenvalue weighted by Gasteiger charge is 2.10. The van der Waals surface area contributed by atoms with E-state index in [1.165, 1.54) is 6.20 Å². The monoisotopic (exact) mass is 280 g/mol. The van der Waals surface area contributed by atoms with Crippen LogP contribution in [-0.4, -0.2) is 32.3 Å². The van der Waals surface area contributed by atoms with Crippen LogP contribution in [0.5, 0.6) is 0 Å². The van der Waals surface area contributed by atoms with Gasteiger partial charge in [0.2, 0.25) is 5.28 Å². The van der Waals surface area contributed by atoms with Crippen molar-refractivity contribution >= 4 is 17.6 Å². The Balaban J connectivity index is 2.13. The van der Waals surface area contributed by atoms with Crippen LogP contribution in [0.15, 0.2) is 18.6 Å². The van der Waals surface area contributed by atoms with E-state index in [1.807, 2.05) is 6.92 Å². The lowest BCUT2D eigenvalue weighted by Crippen LogP contribution is -2.05. The van der Waals surface area contributed by atoms with Crippen LogP contribution < -0.4 is 0 Å². The average molecular weight is 281 g/mol. The van der Waals surface area contributed by atoms with Gasteiger partial charge in [-0.2, -0.15) is 5.10 Å². The molecule has 2 aromatic heterocycles. The Bertz CT molecular complexity index is 597. The van der Waals surface area contributed by atoms with Crippen molar-refractivity contribution < 1.29 is 9.53 Å². The smallest absolute Gasteiger partial charge is 0.341 e. The second kappa shape index (κ2) is 5.79. The lowest BCUT2D eigenvalue weighted by atomic mass is 10.2. The highest BCUT2D eigenvalue weighted by Crippen LogP contribution is 2.10. The molecule has 2 heterocycles. The maximum absolute atomic E-state index is 11.5. The maximum Gasteiger partial charge on any atom is 0.341 e. The van der Waals surface area contributed by atoms with Crippen LogP contribution in [0.4, 0.5) is 0 Å². The fourth-order valence-electron chi connectivity index (χ4n) is 1.56. The van der Waals surface area contributed by atoms with Crippen molar-refractivity contribution in [3.63, 3.8) is 0 Å². The normalized spacial score (nSPS) is 10.5. The van der Waals surface area contributed by atoms with Crippen LogP contribution in [0.2, 0.25) is 5.28 Å². The van der Waals surface area contributed by atoms with Crippen LogP contribution in [0, 0.1) is 6.92 Å². The zero-order valence-corrected chi connectivity index (χ0v) is 11.4. The summed E-state index contributed by atoms with van der Waals surface area (Å²) in [5.74, 6) is -0.377. The van der Waals surface area contributed by atoms with E-state index in [9.17, 15) is 4.79 Å². The van der Waals surface area contributed by atoms with Gasteiger partial charge in [0.05, 0.1) is 24.9 Å². The van der Waals surface area contributed by atoms with Gasteiger partial charge in [-0.15, -0.1) is 0 Å². The highest BCUT2D eigenvalue weighted by atomic mass is 35.5. The van der Waals surface area contributed by atoms with Crippen molar-refractivity contribution in [1.82, 2.24) is 19.7 Å². The Morgan fingerprint density at radius 3 is 2.95 bits per heavy atom. The number of esters is 1. The molecule has 7 heteroatoms. The predicted octanol–water partition coefficient (Wildman–Crippen LogP) is 1.86. The van der Waals surface area contributed by atoms with Crippen molar-refractivity contribution in [2.24, 2.45) is 0 Å². The molecule has 100 valence electrons. The summed E-state index contributed by atoms with van der Waals surface area (Å²) < 4.78 is 6.53. The van der Waals surface area contributed by atoms with Crippen molar-refractivity contribution in [1.29, 1.82) is 0 Å². The molecule has 2 rings (SSSR count). The summed E-state index contributed by atoms with van der Waals surface area (Å²) >= 11 is 5.69. The van der Waals surface area contributed by atoms with Gasteiger partial charge in [0.15, 0.2) is 0 Å². The fourth-order valence-corrected chi connectivity index (χ4v) is 1.74. The van der Waals surface area contributed by atoms with Crippen LogP contribution in [0.1, 0.15) is 28.5 Å². The third-order valence-corrected chi connectivity index (χ3v) is 2.71. The van der Waals surface area contributed by atoms with E-state index < -0.39 is 0 Å². The molecule has 0 aliphatic rings. The quantitative estimate of drug-likeness (QED) is 0.631. The molecule has 0 aliphatic carbocycles. The van der Waals surface area contributed by atoms with E-state index >= 15 is 0 Å². The van der Waals surface area contributed by atoms with Gasteiger partial charge < -0.3 is 4.74 Å². The molecule has 0 fully saturated rings. The third kappa shape index (κ3) is 3.29. The Labute approximate surface area is 115 Å². The highest BCUT2D eigenvalue weighted by molar-refractivity contribution is 6.28. The lowest BCUT2D eigenvalue weighted by Gasteiger charge is -2.04. The fraction of sp³-hybridized carbons (Fsp3) is 0.333. The van der Waals surface area contributed by atoms with Crippen molar-refractivity contribution in [3.8, 4) is 0 Å². The Morgan fingerprint density at radius 1 is 1.47 bits per heavy atom. The van der Waals surface area contributed by atoms with Crippen molar-refractivity contribution in [2.75, 3.05) is 6.61 Å². The number of hydrogen-bond donors (Lipinski definition) is 0. The largest absolute Gasteiger partial charge is 0.462 e. The second-order valence-electron chi connectivity index (χ2n) is 3.90. The molecule has 0 unspecified atom stereocenters. The Hall–Kier alpha value is -1.95. The topological polar surface area (TPSA) is 69.9 Å². The molecule has 0 N–H and O–H groups in total. The molecule has 6 nitrogen and oxygen atoms in total. The number of carbonyl (C=O) groups is 1. The van der Waals surface area contributed by atoms with Crippen molar-refractivity contribution in [3.05, 3.63) is 40.7 Å². The Morgan fingerprint density at radius 2 is 2.26 bits per heavy atom. The van der Waals surface area contributed by atoms with E-state index in [-0.39, 0.29) is 11.3 Å². The summed E-state index contributed by atoms with van der Waals surface area (Å²) in [5, 5.41) is 4.32.